The third-order valence-corrected chi connectivity index (χ3v) is 3.88. The van der Waals surface area contributed by atoms with Crippen molar-refractivity contribution in [2.45, 2.75) is 6.92 Å². The Kier molecular flexibility index (Phi) is 3.44. The minimum absolute atomic E-state index is 0.519. The highest BCUT2D eigenvalue weighted by Gasteiger charge is 2.16. The zero-order chi connectivity index (χ0) is 10.9. The molecule has 0 aliphatic heterocycles. The molecule has 3 nitrogen and oxygen atoms in total. The SMILES string of the molecule is Cc1ccc(N(C)S(=O)(=O)Cl)c(Br)c1. The van der Waals surface area contributed by atoms with Crippen LogP contribution >= 0.6 is 26.6 Å². The molecule has 1 aromatic rings. The first kappa shape index (κ1) is 11.8. The fourth-order valence-electron chi connectivity index (χ4n) is 0.985. The van der Waals surface area contributed by atoms with E-state index in [4.69, 9.17) is 10.7 Å². The average molecular weight is 299 g/mol. The molecule has 0 spiro atoms. The van der Waals surface area contributed by atoms with Crippen LogP contribution in [0.5, 0.6) is 0 Å². The van der Waals surface area contributed by atoms with Gasteiger partial charge in [0, 0.05) is 22.2 Å². The summed E-state index contributed by atoms with van der Waals surface area (Å²) in [5, 5.41) is 0. The van der Waals surface area contributed by atoms with Gasteiger partial charge in [-0.2, -0.15) is 8.42 Å². The van der Waals surface area contributed by atoms with Gasteiger partial charge in [-0.1, -0.05) is 6.07 Å². The van der Waals surface area contributed by atoms with E-state index < -0.39 is 9.24 Å². The zero-order valence-electron chi connectivity index (χ0n) is 7.66. The van der Waals surface area contributed by atoms with Gasteiger partial charge in [-0.15, -0.1) is 0 Å². The van der Waals surface area contributed by atoms with Crippen molar-refractivity contribution < 1.29 is 8.42 Å². The number of anilines is 1. The first-order valence-corrected chi connectivity index (χ1v) is 6.83. The molecule has 78 valence electrons. The molecule has 0 radical (unpaired) electrons. The Morgan fingerprint density at radius 2 is 2.00 bits per heavy atom. The second kappa shape index (κ2) is 4.08. The third-order valence-electron chi connectivity index (χ3n) is 1.77. The molecule has 0 aliphatic rings. The van der Waals surface area contributed by atoms with Gasteiger partial charge in [-0.25, -0.2) is 0 Å². The highest BCUT2D eigenvalue weighted by molar-refractivity contribution is 9.10. The molecule has 0 unspecified atom stereocenters. The smallest absolute Gasteiger partial charge is 0.260 e. The van der Waals surface area contributed by atoms with Crippen LogP contribution in [-0.4, -0.2) is 15.5 Å². The second-order valence-corrected chi connectivity index (χ2v) is 6.26. The van der Waals surface area contributed by atoms with E-state index in [2.05, 4.69) is 15.9 Å². The van der Waals surface area contributed by atoms with Crippen molar-refractivity contribution in [3.05, 3.63) is 28.2 Å². The lowest BCUT2D eigenvalue weighted by Gasteiger charge is -2.16. The summed E-state index contributed by atoms with van der Waals surface area (Å²) in [6.45, 7) is 1.92. The standard InChI is InChI=1S/C8H9BrClNO2S/c1-6-3-4-8(7(9)5-6)11(2)14(10,12)13/h3-5H,1-2H3. The summed E-state index contributed by atoms with van der Waals surface area (Å²) in [6, 6.07) is 5.34. The van der Waals surface area contributed by atoms with Crippen molar-refractivity contribution in [2.75, 3.05) is 11.4 Å². The molecule has 0 aliphatic carbocycles. The lowest BCUT2D eigenvalue weighted by molar-refractivity contribution is 0.608. The lowest BCUT2D eigenvalue weighted by Crippen LogP contribution is -2.21. The van der Waals surface area contributed by atoms with Crippen molar-refractivity contribution in [2.24, 2.45) is 0 Å². The fraction of sp³-hybridized carbons (Fsp3) is 0.250. The molecule has 0 saturated heterocycles. The molecule has 0 aromatic heterocycles. The van der Waals surface area contributed by atoms with E-state index in [9.17, 15) is 8.42 Å². The Balaban J connectivity index is 3.21. The highest BCUT2D eigenvalue weighted by atomic mass is 79.9. The molecule has 0 N–H and O–H groups in total. The summed E-state index contributed by atoms with van der Waals surface area (Å²) >= 11 is 3.28. The molecule has 1 rings (SSSR count). The van der Waals surface area contributed by atoms with Gasteiger partial charge in [0.2, 0.25) is 0 Å². The zero-order valence-corrected chi connectivity index (χ0v) is 10.8. The van der Waals surface area contributed by atoms with Crippen LogP contribution in [0.4, 0.5) is 5.69 Å². The highest BCUT2D eigenvalue weighted by Crippen LogP contribution is 2.28. The topological polar surface area (TPSA) is 37.4 Å². The molecular formula is C8H9BrClNO2S. The normalized spacial score (nSPS) is 11.4. The molecule has 0 bridgehead atoms. The Bertz CT molecular complexity index is 447. The molecule has 0 saturated carbocycles. The summed E-state index contributed by atoms with van der Waals surface area (Å²) in [5.74, 6) is 0. The Morgan fingerprint density at radius 1 is 1.43 bits per heavy atom. The fourth-order valence-corrected chi connectivity index (χ4v) is 2.48. The van der Waals surface area contributed by atoms with Crippen LogP contribution < -0.4 is 4.31 Å². The summed E-state index contributed by atoms with van der Waals surface area (Å²) < 4.78 is 23.8. The van der Waals surface area contributed by atoms with Crippen molar-refractivity contribution >= 4 is 41.5 Å². The molecule has 0 heterocycles. The molecule has 6 heteroatoms. The average Bonchev–Trinajstić information content (AvgIpc) is 2.01. The van der Waals surface area contributed by atoms with Crippen LogP contribution in [0.3, 0.4) is 0 Å². The predicted octanol–water partition coefficient (Wildman–Crippen LogP) is 2.68. The van der Waals surface area contributed by atoms with E-state index in [1.54, 1.807) is 6.07 Å². The van der Waals surface area contributed by atoms with Gasteiger partial charge < -0.3 is 0 Å². The number of hydrogen-bond donors (Lipinski definition) is 0. The van der Waals surface area contributed by atoms with E-state index in [0.29, 0.717) is 10.2 Å². The van der Waals surface area contributed by atoms with E-state index in [-0.39, 0.29) is 0 Å². The molecular weight excluding hydrogens is 290 g/mol. The summed E-state index contributed by atoms with van der Waals surface area (Å²) in [4.78, 5) is 0. The number of rotatable bonds is 2. The van der Waals surface area contributed by atoms with Crippen molar-refractivity contribution in [3.63, 3.8) is 0 Å². The largest absolute Gasteiger partial charge is 0.321 e. The van der Waals surface area contributed by atoms with Crippen molar-refractivity contribution in [3.8, 4) is 0 Å². The molecule has 0 atom stereocenters. The van der Waals surface area contributed by atoms with Crippen LogP contribution in [0.2, 0.25) is 0 Å². The molecule has 14 heavy (non-hydrogen) atoms. The number of benzene rings is 1. The monoisotopic (exact) mass is 297 g/mol. The van der Waals surface area contributed by atoms with Gasteiger partial charge in [0.15, 0.2) is 0 Å². The molecule has 1 aromatic carbocycles. The van der Waals surface area contributed by atoms with Gasteiger partial charge in [0.05, 0.1) is 5.69 Å². The summed E-state index contributed by atoms with van der Waals surface area (Å²) in [6.07, 6.45) is 0. The van der Waals surface area contributed by atoms with E-state index in [1.165, 1.54) is 7.05 Å². The number of halogens is 2. The van der Waals surface area contributed by atoms with Crippen LogP contribution in [0.15, 0.2) is 22.7 Å². The van der Waals surface area contributed by atoms with Gasteiger partial charge >= 0.3 is 9.24 Å². The summed E-state index contributed by atoms with van der Waals surface area (Å²) in [7, 11) is 2.89. The van der Waals surface area contributed by atoms with E-state index >= 15 is 0 Å². The van der Waals surface area contributed by atoms with Gasteiger partial charge in [-0.05, 0) is 40.5 Å². The number of aryl methyl sites for hydroxylation is 1. The van der Waals surface area contributed by atoms with Crippen LogP contribution in [0.25, 0.3) is 0 Å². The summed E-state index contributed by atoms with van der Waals surface area (Å²) in [5.41, 5.74) is 1.56. The van der Waals surface area contributed by atoms with E-state index in [0.717, 1.165) is 9.87 Å². The third kappa shape index (κ3) is 2.62. The Morgan fingerprint density at radius 3 is 2.43 bits per heavy atom. The number of hydrogen-bond acceptors (Lipinski definition) is 2. The second-order valence-electron chi connectivity index (χ2n) is 2.86. The van der Waals surface area contributed by atoms with Gasteiger partial charge in [0.1, 0.15) is 0 Å². The first-order valence-electron chi connectivity index (χ1n) is 3.77. The van der Waals surface area contributed by atoms with Crippen molar-refractivity contribution in [1.29, 1.82) is 0 Å². The minimum Gasteiger partial charge on any atom is -0.260 e. The molecule has 0 fully saturated rings. The quantitative estimate of drug-likeness (QED) is 0.787. The lowest BCUT2D eigenvalue weighted by atomic mass is 10.2. The molecule has 0 amide bonds. The maximum absolute atomic E-state index is 11.0. The minimum atomic E-state index is -3.72. The number of nitrogens with zero attached hydrogens (tertiary/aromatic N) is 1. The Hall–Kier alpha value is -0.260. The van der Waals surface area contributed by atoms with Crippen LogP contribution in [0, 0.1) is 6.92 Å². The first-order chi connectivity index (χ1) is 6.32. The van der Waals surface area contributed by atoms with Crippen molar-refractivity contribution in [1.82, 2.24) is 0 Å². The predicted molar refractivity (Wildman–Crippen MR) is 62.1 cm³/mol. The van der Waals surface area contributed by atoms with Gasteiger partial charge in [-0.3, -0.25) is 4.31 Å². The van der Waals surface area contributed by atoms with Crippen LogP contribution in [-0.2, 0) is 9.24 Å². The Labute approximate surface area is 96.4 Å². The van der Waals surface area contributed by atoms with Gasteiger partial charge in [0.25, 0.3) is 0 Å². The van der Waals surface area contributed by atoms with Crippen LogP contribution in [0.1, 0.15) is 5.56 Å². The maximum Gasteiger partial charge on any atom is 0.321 e. The van der Waals surface area contributed by atoms with E-state index in [1.807, 2.05) is 19.1 Å². The maximum atomic E-state index is 11.0.